The Morgan fingerprint density at radius 1 is 1.22 bits per heavy atom. The summed E-state index contributed by atoms with van der Waals surface area (Å²) < 4.78 is 5.96. The molecular weight excluding hydrogens is 222 g/mol. The molecule has 0 amide bonds. The minimum atomic E-state index is 0.529. The van der Waals surface area contributed by atoms with Crippen LogP contribution >= 0.6 is 0 Å². The highest BCUT2D eigenvalue weighted by atomic mass is 16.5. The Labute approximate surface area is 110 Å². The molecule has 0 saturated heterocycles. The van der Waals surface area contributed by atoms with Crippen molar-refractivity contribution in [3.05, 3.63) is 29.3 Å². The number of benzene rings is 1. The minimum absolute atomic E-state index is 0.529. The summed E-state index contributed by atoms with van der Waals surface area (Å²) in [6.07, 6.45) is 7.87. The molecule has 1 saturated carbocycles. The fraction of sp³-hybridized carbons (Fsp3) is 0.625. The maximum Gasteiger partial charge on any atom is 0.119 e. The van der Waals surface area contributed by atoms with E-state index in [2.05, 4.69) is 23.5 Å². The van der Waals surface area contributed by atoms with Crippen LogP contribution in [0.3, 0.4) is 0 Å². The third-order valence-electron chi connectivity index (χ3n) is 4.31. The predicted molar refractivity (Wildman–Crippen MR) is 74.2 cm³/mol. The molecule has 0 radical (unpaired) electrons. The topological polar surface area (TPSA) is 21.3 Å². The monoisotopic (exact) mass is 245 g/mol. The maximum absolute atomic E-state index is 5.96. The molecule has 18 heavy (non-hydrogen) atoms. The van der Waals surface area contributed by atoms with Crippen LogP contribution in [0.25, 0.3) is 0 Å². The predicted octanol–water partition coefficient (Wildman–Crippen LogP) is 2.94. The van der Waals surface area contributed by atoms with Crippen LogP contribution in [0.4, 0.5) is 0 Å². The van der Waals surface area contributed by atoms with Gasteiger partial charge in [-0.1, -0.05) is 6.07 Å². The van der Waals surface area contributed by atoms with Gasteiger partial charge in [-0.2, -0.15) is 0 Å². The fourth-order valence-corrected chi connectivity index (χ4v) is 2.94. The van der Waals surface area contributed by atoms with Gasteiger partial charge < -0.3 is 10.1 Å². The van der Waals surface area contributed by atoms with E-state index in [0.29, 0.717) is 6.04 Å². The van der Waals surface area contributed by atoms with E-state index in [1.165, 1.54) is 49.7 Å². The average Bonchev–Trinajstić information content (AvgIpc) is 3.24. The van der Waals surface area contributed by atoms with Crippen LogP contribution in [-0.4, -0.2) is 19.7 Å². The number of hydrogen-bond acceptors (Lipinski definition) is 2. The molecule has 1 aromatic rings. The summed E-state index contributed by atoms with van der Waals surface area (Å²) in [6, 6.07) is 7.19. The van der Waals surface area contributed by atoms with Gasteiger partial charge >= 0.3 is 0 Å². The molecule has 1 fully saturated rings. The van der Waals surface area contributed by atoms with Crippen molar-refractivity contribution in [3.8, 4) is 5.75 Å². The van der Waals surface area contributed by atoms with Crippen molar-refractivity contribution in [2.24, 2.45) is 5.92 Å². The van der Waals surface area contributed by atoms with Gasteiger partial charge in [-0.15, -0.1) is 0 Å². The molecule has 0 aliphatic heterocycles. The number of rotatable bonds is 5. The normalized spacial score (nSPS) is 20.3. The third kappa shape index (κ3) is 2.69. The van der Waals surface area contributed by atoms with Crippen molar-refractivity contribution < 1.29 is 4.74 Å². The van der Waals surface area contributed by atoms with Crippen molar-refractivity contribution in [1.82, 2.24) is 5.32 Å². The van der Waals surface area contributed by atoms with Crippen LogP contribution in [0, 0.1) is 5.92 Å². The molecule has 3 rings (SSSR count). The van der Waals surface area contributed by atoms with E-state index in [1.807, 2.05) is 7.05 Å². The summed E-state index contributed by atoms with van der Waals surface area (Å²) in [4.78, 5) is 0. The summed E-state index contributed by atoms with van der Waals surface area (Å²) in [5.41, 5.74) is 3.03. The second-order valence-electron chi connectivity index (χ2n) is 5.68. The van der Waals surface area contributed by atoms with Crippen LogP contribution in [0.2, 0.25) is 0 Å². The molecule has 1 aromatic carbocycles. The van der Waals surface area contributed by atoms with Gasteiger partial charge in [-0.05, 0) is 74.8 Å². The average molecular weight is 245 g/mol. The van der Waals surface area contributed by atoms with E-state index < -0.39 is 0 Å². The van der Waals surface area contributed by atoms with Gasteiger partial charge in [-0.3, -0.25) is 0 Å². The van der Waals surface area contributed by atoms with Crippen LogP contribution in [-0.2, 0) is 12.8 Å². The second kappa shape index (κ2) is 5.31. The summed E-state index contributed by atoms with van der Waals surface area (Å²) in [7, 11) is 2.04. The Balaban J connectivity index is 1.61. The molecule has 0 heterocycles. The Morgan fingerprint density at radius 3 is 2.72 bits per heavy atom. The zero-order valence-electron chi connectivity index (χ0n) is 11.2. The third-order valence-corrected chi connectivity index (χ3v) is 4.31. The lowest BCUT2D eigenvalue weighted by molar-refractivity contribution is 0.256. The van der Waals surface area contributed by atoms with Gasteiger partial charge in [0.15, 0.2) is 0 Å². The number of fused-ring (bicyclic) bond motifs is 1. The van der Waals surface area contributed by atoms with E-state index in [0.717, 1.165) is 18.3 Å². The molecule has 1 atom stereocenters. The molecule has 1 N–H and O–H groups in total. The summed E-state index contributed by atoms with van der Waals surface area (Å²) in [6.45, 7) is 0.806. The zero-order chi connectivity index (χ0) is 12.4. The first-order chi connectivity index (χ1) is 8.86. The standard InChI is InChI=1S/C16H23NO/c1-17-16(13-6-7-13)11-18-15-9-8-12-4-2-3-5-14(12)10-15/h8-10,13,16-17H,2-7,11H2,1H3. The fourth-order valence-electron chi connectivity index (χ4n) is 2.94. The Morgan fingerprint density at radius 2 is 2.00 bits per heavy atom. The molecule has 1 unspecified atom stereocenters. The smallest absolute Gasteiger partial charge is 0.119 e. The highest BCUT2D eigenvalue weighted by Gasteiger charge is 2.30. The summed E-state index contributed by atoms with van der Waals surface area (Å²) in [5.74, 6) is 1.89. The number of aryl methyl sites for hydroxylation is 2. The van der Waals surface area contributed by atoms with Gasteiger partial charge in [0.05, 0.1) is 0 Å². The van der Waals surface area contributed by atoms with Crippen LogP contribution in [0.1, 0.15) is 36.8 Å². The van der Waals surface area contributed by atoms with Crippen LogP contribution in [0.15, 0.2) is 18.2 Å². The van der Waals surface area contributed by atoms with Gasteiger partial charge in [0.1, 0.15) is 12.4 Å². The Hall–Kier alpha value is -1.02. The lowest BCUT2D eigenvalue weighted by atomic mass is 9.92. The number of nitrogens with one attached hydrogen (secondary N) is 1. The van der Waals surface area contributed by atoms with Gasteiger partial charge in [0.25, 0.3) is 0 Å². The lowest BCUT2D eigenvalue weighted by Gasteiger charge is -2.19. The van der Waals surface area contributed by atoms with Crippen molar-refractivity contribution in [1.29, 1.82) is 0 Å². The van der Waals surface area contributed by atoms with Crippen molar-refractivity contribution >= 4 is 0 Å². The van der Waals surface area contributed by atoms with Gasteiger partial charge in [0.2, 0.25) is 0 Å². The Bertz CT molecular complexity index is 412. The quantitative estimate of drug-likeness (QED) is 0.861. The lowest BCUT2D eigenvalue weighted by Crippen LogP contribution is -2.33. The van der Waals surface area contributed by atoms with Crippen molar-refractivity contribution in [2.45, 2.75) is 44.6 Å². The highest BCUT2D eigenvalue weighted by molar-refractivity contribution is 5.37. The number of ether oxygens (including phenoxy) is 1. The molecule has 98 valence electrons. The number of hydrogen-bond donors (Lipinski definition) is 1. The number of likely N-dealkylation sites (N-methyl/N-ethyl adjacent to an activating group) is 1. The van der Waals surface area contributed by atoms with E-state index in [9.17, 15) is 0 Å². The molecule has 0 bridgehead atoms. The largest absolute Gasteiger partial charge is 0.492 e. The molecular formula is C16H23NO. The Kier molecular flexibility index (Phi) is 3.55. The van der Waals surface area contributed by atoms with E-state index in [1.54, 1.807) is 0 Å². The van der Waals surface area contributed by atoms with Crippen molar-refractivity contribution in [3.63, 3.8) is 0 Å². The molecule has 0 aromatic heterocycles. The molecule has 0 spiro atoms. The van der Waals surface area contributed by atoms with E-state index in [-0.39, 0.29) is 0 Å². The van der Waals surface area contributed by atoms with Gasteiger partial charge in [-0.25, -0.2) is 0 Å². The SMILES string of the molecule is CNC(COc1ccc2c(c1)CCCC2)C1CC1. The molecule has 2 aliphatic carbocycles. The zero-order valence-corrected chi connectivity index (χ0v) is 11.2. The summed E-state index contributed by atoms with van der Waals surface area (Å²) >= 11 is 0. The first-order valence-electron chi connectivity index (χ1n) is 7.28. The van der Waals surface area contributed by atoms with Gasteiger partial charge in [0, 0.05) is 6.04 Å². The van der Waals surface area contributed by atoms with E-state index in [4.69, 9.17) is 4.74 Å². The van der Waals surface area contributed by atoms with Crippen LogP contribution < -0.4 is 10.1 Å². The molecule has 2 aliphatic rings. The highest BCUT2D eigenvalue weighted by Crippen LogP contribution is 2.33. The van der Waals surface area contributed by atoms with Crippen molar-refractivity contribution in [2.75, 3.05) is 13.7 Å². The molecule has 2 nitrogen and oxygen atoms in total. The maximum atomic E-state index is 5.96. The molecule has 2 heteroatoms. The van der Waals surface area contributed by atoms with E-state index >= 15 is 0 Å². The first kappa shape index (κ1) is 12.0. The van der Waals surface area contributed by atoms with Crippen LogP contribution in [0.5, 0.6) is 5.75 Å². The second-order valence-corrected chi connectivity index (χ2v) is 5.68. The minimum Gasteiger partial charge on any atom is -0.492 e. The first-order valence-corrected chi connectivity index (χ1v) is 7.28. The summed E-state index contributed by atoms with van der Waals surface area (Å²) in [5, 5.41) is 3.37.